The Bertz CT molecular complexity index is 3290. The van der Waals surface area contributed by atoms with Gasteiger partial charge in [0.25, 0.3) is 5.91 Å². The zero-order chi connectivity index (χ0) is 70.3. The van der Waals surface area contributed by atoms with Crippen LogP contribution in [0.5, 0.6) is 23.0 Å². The van der Waals surface area contributed by atoms with Crippen molar-refractivity contribution in [2.75, 3.05) is 104 Å². The Balaban J connectivity index is 0.836. The number of aliphatic hydroxyl groups is 1. The van der Waals surface area contributed by atoms with Gasteiger partial charge in [-0.3, -0.25) is 33.8 Å². The normalized spacial score (nSPS) is 17.2. The fourth-order valence-electron chi connectivity index (χ4n) is 11.5. The highest BCUT2D eigenvalue weighted by Gasteiger charge is 2.45. The van der Waals surface area contributed by atoms with Crippen LogP contribution >= 0.6 is 0 Å². The SMILES string of the molecule is C/C=C/C1=CN2C(=O)c3cc(OC)c(OCCCOc4cc(/N=C\N5CC(/C=C/C)=CN5C=O)c(C)cc4OC)cc3N(C(=O)OCc3ccc(NC(=O)C(C)NC(=O)[C@@H](NC(=O)CCOCCOCCOCCOCCNC(=O)CC4CCCCCCC4)C(C)C)cc3)C(O)C2C1. The number of aliphatic hydroxyl groups excluding tert-OH is 1. The summed E-state index contributed by atoms with van der Waals surface area (Å²) in [6, 6.07) is 10.2. The Morgan fingerprint density at radius 3 is 1.98 bits per heavy atom. The minimum atomic E-state index is -1.57. The zero-order valence-electron chi connectivity index (χ0n) is 57.9. The predicted octanol–water partition coefficient (Wildman–Crippen LogP) is 8.73. The number of hydrogen-bond acceptors (Lipinski definition) is 18. The molecule has 1 aliphatic carbocycles. The third-order valence-electron chi connectivity index (χ3n) is 16.8. The molecule has 4 aliphatic rings. The number of anilines is 2. The molecule has 3 heterocycles. The third-order valence-corrected chi connectivity index (χ3v) is 16.8. The van der Waals surface area contributed by atoms with Gasteiger partial charge >= 0.3 is 6.09 Å². The molecule has 7 amide bonds. The van der Waals surface area contributed by atoms with Gasteiger partial charge in [0.1, 0.15) is 25.0 Å². The minimum Gasteiger partial charge on any atom is -0.493 e. The number of ether oxygens (including phenoxy) is 9. The van der Waals surface area contributed by atoms with Crippen LogP contribution in [0.15, 0.2) is 101 Å². The number of carbonyl (C=O) groups is 7. The summed E-state index contributed by atoms with van der Waals surface area (Å²) in [6.07, 6.45) is 20.4. The summed E-state index contributed by atoms with van der Waals surface area (Å²) in [5, 5.41) is 26.4. The first-order chi connectivity index (χ1) is 47.4. The second kappa shape index (κ2) is 40.2. The molecular weight excluding hydrogens is 1260 g/mol. The number of methoxy groups -OCH3 is 2. The van der Waals surface area contributed by atoms with Gasteiger partial charge in [-0.05, 0) is 105 Å². The van der Waals surface area contributed by atoms with E-state index < -0.39 is 54.1 Å². The molecule has 3 aromatic carbocycles. The average Bonchev–Trinajstić information content (AvgIpc) is 1.60. The molecule has 98 heavy (non-hydrogen) atoms. The second-order valence-electron chi connectivity index (χ2n) is 24.6. The minimum absolute atomic E-state index is 0.000719. The fourth-order valence-corrected chi connectivity index (χ4v) is 11.5. The van der Waals surface area contributed by atoms with E-state index in [-0.39, 0.29) is 80.5 Å². The van der Waals surface area contributed by atoms with Gasteiger partial charge in [-0.1, -0.05) is 82.4 Å². The highest BCUT2D eigenvalue weighted by Crippen LogP contribution is 2.43. The molecule has 1 saturated carbocycles. The number of aryl methyl sites for hydroxylation is 1. The van der Waals surface area contributed by atoms with Crippen LogP contribution in [0.2, 0.25) is 0 Å². The van der Waals surface area contributed by atoms with Crippen molar-refractivity contribution in [3.8, 4) is 23.0 Å². The van der Waals surface area contributed by atoms with Crippen molar-refractivity contribution in [2.45, 2.75) is 143 Å². The van der Waals surface area contributed by atoms with E-state index in [2.05, 4.69) is 26.3 Å². The van der Waals surface area contributed by atoms with E-state index in [1.807, 2.05) is 51.1 Å². The lowest BCUT2D eigenvalue weighted by Gasteiger charge is -2.31. The van der Waals surface area contributed by atoms with Crippen LogP contribution in [0.3, 0.4) is 0 Å². The van der Waals surface area contributed by atoms with Crippen molar-refractivity contribution in [3.63, 3.8) is 0 Å². The number of hydrogen-bond donors (Lipinski definition) is 5. The first-order valence-corrected chi connectivity index (χ1v) is 33.9. The van der Waals surface area contributed by atoms with E-state index in [4.69, 9.17) is 42.6 Å². The molecule has 534 valence electrons. The number of nitrogens with one attached hydrogen (secondary N) is 4. The number of aliphatic imine (C=N–C) groups is 1. The van der Waals surface area contributed by atoms with Crippen molar-refractivity contribution in [1.29, 1.82) is 0 Å². The van der Waals surface area contributed by atoms with Gasteiger partial charge in [0.15, 0.2) is 29.2 Å². The van der Waals surface area contributed by atoms with E-state index in [9.17, 15) is 38.7 Å². The quantitative estimate of drug-likeness (QED) is 0.0155. The Kier molecular flexibility index (Phi) is 31.4. The van der Waals surface area contributed by atoms with E-state index in [0.29, 0.717) is 106 Å². The molecule has 0 radical (unpaired) electrons. The number of rotatable bonds is 38. The monoisotopic (exact) mass is 1360 g/mol. The van der Waals surface area contributed by atoms with Gasteiger partial charge in [-0.15, -0.1) is 0 Å². The number of allylic oxidation sites excluding steroid dienone is 3. The van der Waals surface area contributed by atoms with Crippen molar-refractivity contribution in [1.82, 2.24) is 30.9 Å². The average molecular weight is 1360 g/mol. The van der Waals surface area contributed by atoms with Crippen LogP contribution in [0.4, 0.5) is 21.9 Å². The summed E-state index contributed by atoms with van der Waals surface area (Å²) in [4.78, 5) is 99.7. The van der Waals surface area contributed by atoms with Crippen molar-refractivity contribution in [2.24, 2.45) is 16.8 Å². The maximum absolute atomic E-state index is 14.4. The molecule has 4 atom stereocenters. The van der Waals surface area contributed by atoms with Crippen LogP contribution < -0.4 is 45.1 Å². The molecule has 0 bridgehead atoms. The number of benzene rings is 3. The van der Waals surface area contributed by atoms with Gasteiger partial charge in [0.05, 0.1) is 110 Å². The number of hydrazine groups is 1. The summed E-state index contributed by atoms with van der Waals surface area (Å²) >= 11 is 0. The number of nitrogens with zero attached hydrogens (tertiary/aromatic N) is 5. The molecular formula is C72H99N9O17. The van der Waals surface area contributed by atoms with Gasteiger partial charge in [0, 0.05) is 56.0 Å². The van der Waals surface area contributed by atoms with Crippen LogP contribution in [0.25, 0.3) is 0 Å². The summed E-state index contributed by atoms with van der Waals surface area (Å²) < 4.78 is 51.9. The highest BCUT2D eigenvalue weighted by molar-refractivity contribution is 6.06. The lowest BCUT2D eigenvalue weighted by atomic mass is 9.89. The van der Waals surface area contributed by atoms with Gasteiger partial charge in [-0.2, -0.15) is 0 Å². The first-order valence-electron chi connectivity index (χ1n) is 33.9. The predicted molar refractivity (Wildman–Crippen MR) is 369 cm³/mol. The Hall–Kier alpha value is -8.82. The van der Waals surface area contributed by atoms with Gasteiger partial charge in [-0.25, -0.2) is 19.7 Å². The Labute approximate surface area is 575 Å². The van der Waals surface area contributed by atoms with Crippen LogP contribution in [0.1, 0.15) is 127 Å². The molecule has 1 fully saturated rings. The van der Waals surface area contributed by atoms with Gasteiger partial charge < -0.3 is 73.9 Å². The van der Waals surface area contributed by atoms with Crippen LogP contribution in [-0.4, -0.2) is 186 Å². The van der Waals surface area contributed by atoms with Crippen molar-refractivity contribution in [3.05, 3.63) is 113 Å². The van der Waals surface area contributed by atoms with Crippen LogP contribution in [-0.2, 0) is 54.3 Å². The molecule has 7 rings (SSSR count). The maximum atomic E-state index is 14.4. The number of amides is 7. The largest absolute Gasteiger partial charge is 0.493 e. The molecule has 0 spiro atoms. The maximum Gasteiger partial charge on any atom is 0.416 e. The molecule has 3 aromatic rings. The molecule has 3 unspecified atom stereocenters. The van der Waals surface area contributed by atoms with E-state index in [0.717, 1.165) is 34.5 Å². The lowest BCUT2D eigenvalue weighted by molar-refractivity contribution is -0.132. The smallest absolute Gasteiger partial charge is 0.416 e. The molecule has 26 heteroatoms. The van der Waals surface area contributed by atoms with Crippen LogP contribution in [0, 0.1) is 18.8 Å². The summed E-state index contributed by atoms with van der Waals surface area (Å²) in [5.41, 5.74) is 4.11. The Morgan fingerprint density at radius 2 is 1.34 bits per heavy atom. The lowest BCUT2D eigenvalue weighted by Crippen LogP contribution is -2.53. The third kappa shape index (κ3) is 23.2. The number of fused-ring (bicyclic) bond motifs is 2. The molecule has 0 saturated heterocycles. The number of carbonyl (C=O) groups excluding carboxylic acids is 7. The van der Waals surface area contributed by atoms with E-state index in [1.54, 1.807) is 67.9 Å². The van der Waals surface area contributed by atoms with E-state index >= 15 is 0 Å². The molecule has 0 aromatic heterocycles. The molecule has 26 nitrogen and oxygen atoms in total. The summed E-state index contributed by atoms with van der Waals surface area (Å²) in [6.45, 7) is 14.3. The highest BCUT2D eigenvalue weighted by atomic mass is 16.6. The summed E-state index contributed by atoms with van der Waals surface area (Å²) in [5.74, 6) is -0.381. The van der Waals surface area contributed by atoms with Crippen molar-refractivity contribution >= 4 is 65.4 Å². The molecule has 5 N–H and O–H groups in total. The molecule has 3 aliphatic heterocycles. The van der Waals surface area contributed by atoms with Gasteiger partial charge in [0.2, 0.25) is 30.0 Å². The Morgan fingerprint density at radius 1 is 0.714 bits per heavy atom. The topological polar surface area (TPSA) is 296 Å². The fraction of sp³-hybridized carbons (Fsp3) is 0.528. The first kappa shape index (κ1) is 76.5. The summed E-state index contributed by atoms with van der Waals surface area (Å²) in [7, 11) is 2.96. The zero-order valence-corrected chi connectivity index (χ0v) is 57.9. The van der Waals surface area contributed by atoms with E-state index in [1.165, 1.54) is 75.3 Å². The van der Waals surface area contributed by atoms with Crippen molar-refractivity contribution < 1.29 is 81.3 Å². The second-order valence-corrected chi connectivity index (χ2v) is 24.6. The standard InChI is InChI=1S/C72H99N9O17/c1-9-17-54-38-60-71(88)81(59-42-64(62(91-8)40-57(59)70(87)80(60)45-54)97-28-16-27-96-63-41-58(50(5)37-61(63)90-7)74-47-78-43-55(18-10-2)44-79(78)48-82)72(89)98-46-53-21-23-56(24-22-53)76-68(85)51(6)75-69(86)67(49(3)4)77-65(83)25-29-92-31-33-94-35-36-95-34-32-93-30-26-73-66(84)39-52-19-14-12-11-13-15-20-52/h9-10,17-18,21-24,37,40-42,44-45,47-49,51-52,60,67,71,88H,11-16,19-20,25-36,38-39,43,46H2,1-8H3,(H,73,84)(H,75,86)(H,76,85)(H,77,83)/b17-9+,18-10+,74-47-/t51?,60?,67-,71?/m0/s1.